The lowest BCUT2D eigenvalue weighted by Gasteiger charge is -2.32. The number of aliphatic imine (C=N–C) groups is 1. The Morgan fingerprint density at radius 2 is 1.97 bits per heavy atom. The van der Waals surface area contributed by atoms with Crippen molar-refractivity contribution in [1.82, 2.24) is 9.97 Å². The lowest BCUT2D eigenvalue weighted by Crippen LogP contribution is -2.37. The summed E-state index contributed by atoms with van der Waals surface area (Å²) >= 11 is 0. The monoisotopic (exact) mass is 399 g/mol. The second-order valence-electron chi connectivity index (χ2n) is 6.41. The zero-order valence-electron chi connectivity index (χ0n) is 18.0. The van der Waals surface area contributed by atoms with E-state index < -0.39 is 0 Å². The number of nitrogens with one attached hydrogen (secondary N) is 1. The van der Waals surface area contributed by atoms with E-state index in [0.29, 0.717) is 36.6 Å². The summed E-state index contributed by atoms with van der Waals surface area (Å²) in [6.45, 7) is 12.7. The van der Waals surface area contributed by atoms with Gasteiger partial charge >= 0.3 is 0 Å². The van der Waals surface area contributed by atoms with Gasteiger partial charge in [0.2, 0.25) is 5.88 Å². The minimum absolute atomic E-state index is 0.373. The van der Waals surface area contributed by atoms with E-state index in [2.05, 4.69) is 44.0 Å². The van der Waals surface area contributed by atoms with Gasteiger partial charge in [-0.3, -0.25) is 4.99 Å². The summed E-state index contributed by atoms with van der Waals surface area (Å²) in [6, 6.07) is 7.80. The van der Waals surface area contributed by atoms with Crippen LogP contribution in [-0.4, -0.2) is 49.6 Å². The van der Waals surface area contributed by atoms with Crippen molar-refractivity contribution < 1.29 is 9.47 Å². The predicted octanol–water partition coefficient (Wildman–Crippen LogP) is 4.46. The number of anilines is 2. The predicted molar refractivity (Wildman–Crippen MR) is 120 cm³/mol. The van der Waals surface area contributed by atoms with Crippen molar-refractivity contribution in [2.45, 2.75) is 46.3 Å². The molecule has 0 saturated carbocycles. The summed E-state index contributed by atoms with van der Waals surface area (Å²) in [5, 5.41) is 3.30. The molecule has 0 atom stereocenters. The molecule has 3 heterocycles. The number of aromatic nitrogens is 2. The number of pyridine rings is 2. The Labute approximate surface area is 174 Å². The minimum atomic E-state index is 0.373. The van der Waals surface area contributed by atoms with Crippen LogP contribution in [0.25, 0.3) is 0 Å². The van der Waals surface area contributed by atoms with Crippen LogP contribution in [0.15, 0.2) is 35.5 Å². The number of rotatable bonds is 8. The van der Waals surface area contributed by atoms with Gasteiger partial charge in [-0.1, -0.05) is 19.9 Å². The number of ether oxygens (including phenoxy) is 2. The molecule has 0 radical (unpaired) electrons. The molecular weight excluding hydrogens is 366 g/mol. The molecule has 29 heavy (non-hydrogen) atoms. The van der Waals surface area contributed by atoms with Crippen LogP contribution in [0.4, 0.5) is 17.3 Å². The van der Waals surface area contributed by atoms with E-state index in [1.54, 1.807) is 13.2 Å². The molecule has 1 aliphatic rings. The first-order valence-corrected chi connectivity index (χ1v) is 10.3. The third-order valence-electron chi connectivity index (χ3n) is 4.68. The molecule has 0 aromatic carbocycles. The highest BCUT2D eigenvalue weighted by Crippen LogP contribution is 2.26. The molecule has 0 unspecified atom stereocenters. The van der Waals surface area contributed by atoms with Gasteiger partial charge in [0.25, 0.3) is 0 Å². The molecule has 0 bridgehead atoms. The number of piperidine rings is 1. The van der Waals surface area contributed by atoms with Gasteiger partial charge in [0.15, 0.2) is 5.82 Å². The van der Waals surface area contributed by atoms with Crippen LogP contribution in [0.1, 0.15) is 39.2 Å². The standard InChI is InChI=1S/C20H27N5O2.C2H6/c1-4-27-19-8-6-17(21-2)20(24-19)23-14-15-5-7-18(22-13-15)25-11-9-16(26-3)10-12-25;1-2/h5-8,13,16H,2,4,9-12,14H2,1,3H3,(H,23,24);1-2H3. The van der Waals surface area contributed by atoms with E-state index in [1.165, 1.54) is 0 Å². The molecule has 0 aliphatic carbocycles. The molecule has 2 aromatic heterocycles. The summed E-state index contributed by atoms with van der Waals surface area (Å²) in [7, 11) is 1.78. The van der Waals surface area contributed by atoms with Crippen molar-refractivity contribution in [2.24, 2.45) is 4.99 Å². The lowest BCUT2D eigenvalue weighted by atomic mass is 10.1. The smallest absolute Gasteiger partial charge is 0.215 e. The van der Waals surface area contributed by atoms with E-state index >= 15 is 0 Å². The van der Waals surface area contributed by atoms with Crippen LogP contribution >= 0.6 is 0 Å². The largest absolute Gasteiger partial charge is 0.478 e. The van der Waals surface area contributed by atoms with Gasteiger partial charge in [0, 0.05) is 39.0 Å². The van der Waals surface area contributed by atoms with Crippen LogP contribution in [0.3, 0.4) is 0 Å². The first-order valence-electron chi connectivity index (χ1n) is 10.3. The van der Waals surface area contributed by atoms with E-state index in [-0.39, 0.29) is 0 Å². The molecule has 0 spiro atoms. The third kappa shape index (κ3) is 6.42. The highest BCUT2D eigenvalue weighted by atomic mass is 16.5. The van der Waals surface area contributed by atoms with E-state index in [1.807, 2.05) is 33.0 Å². The first-order chi connectivity index (χ1) is 14.2. The zero-order chi connectivity index (χ0) is 21.1. The second-order valence-corrected chi connectivity index (χ2v) is 6.41. The quantitative estimate of drug-likeness (QED) is 0.661. The average Bonchev–Trinajstić information content (AvgIpc) is 2.80. The van der Waals surface area contributed by atoms with Crippen molar-refractivity contribution in [3.63, 3.8) is 0 Å². The van der Waals surface area contributed by atoms with Crippen molar-refractivity contribution in [1.29, 1.82) is 0 Å². The van der Waals surface area contributed by atoms with Gasteiger partial charge in [-0.2, -0.15) is 4.98 Å². The molecule has 1 saturated heterocycles. The number of nitrogens with zero attached hydrogens (tertiary/aromatic N) is 4. The van der Waals surface area contributed by atoms with Crippen molar-refractivity contribution in [2.75, 3.05) is 37.0 Å². The van der Waals surface area contributed by atoms with Gasteiger partial charge in [-0.05, 0) is 44.2 Å². The fourth-order valence-corrected chi connectivity index (χ4v) is 3.13. The third-order valence-corrected chi connectivity index (χ3v) is 4.68. The average molecular weight is 400 g/mol. The molecule has 2 aromatic rings. The van der Waals surface area contributed by atoms with Crippen LogP contribution in [0.2, 0.25) is 0 Å². The Morgan fingerprint density at radius 1 is 1.21 bits per heavy atom. The lowest BCUT2D eigenvalue weighted by molar-refractivity contribution is 0.0818. The van der Waals surface area contributed by atoms with Crippen LogP contribution < -0.4 is 15.0 Å². The molecule has 1 N–H and O–H groups in total. The van der Waals surface area contributed by atoms with Gasteiger partial charge in [0.05, 0.1) is 12.7 Å². The van der Waals surface area contributed by atoms with Crippen LogP contribution in [-0.2, 0) is 11.3 Å². The minimum Gasteiger partial charge on any atom is -0.478 e. The second kappa shape index (κ2) is 12.0. The summed E-state index contributed by atoms with van der Waals surface area (Å²) in [6.07, 6.45) is 4.36. The molecule has 3 rings (SSSR count). The molecule has 7 nitrogen and oxygen atoms in total. The number of hydrogen-bond donors (Lipinski definition) is 1. The maximum Gasteiger partial charge on any atom is 0.215 e. The van der Waals surface area contributed by atoms with Crippen molar-refractivity contribution in [3.05, 3.63) is 36.0 Å². The Morgan fingerprint density at radius 3 is 2.55 bits per heavy atom. The van der Waals surface area contributed by atoms with Gasteiger partial charge in [0.1, 0.15) is 11.5 Å². The zero-order valence-corrected chi connectivity index (χ0v) is 18.0. The highest BCUT2D eigenvalue weighted by molar-refractivity contribution is 5.64. The van der Waals surface area contributed by atoms with Gasteiger partial charge in [-0.15, -0.1) is 0 Å². The summed E-state index contributed by atoms with van der Waals surface area (Å²) in [5.74, 6) is 2.24. The molecule has 1 fully saturated rings. The maximum absolute atomic E-state index is 5.46. The Bertz CT molecular complexity index is 743. The van der Waals surface area contributed by atoms with E-state index in [0.717, 1.165) is 37.3 Å². The Hall–Kier alpha value is -2.67. The van der Waals surface area contributed by atoms with Crippen molar-refractivity contribution in [3.8, 4) is 5.88 Å². The topological polar surface area (TPSA) is 71.9 Å². The molecule has 158 valence electrons. The first kappa shape index (κ1) is 22.6. The van der Waals surface area contributed by atoms with Crippen LogP contribution in [0, 0.1) is 0 Å². The van der Waals surface area contributed by atoms with Crippen LogP contribution in [0.5, 0.6) is 5.88 Å². The molecule has 7 heteroatoms. The SMILES string of the molecule is C=Nc1ccc(OCC)nc1NCc1ccc(N2CCC(OC)CC2)nc1.CC. The van der Waals surface area contributed by atoms with E-state index in [9.17, 15) is 0 Å². The van der Waals surface area contributed by atoms with Gasteiger partial charge in [-0.25, -0.2) is 4.98 Å². The number of methoxy groups -OCH3 is 1. The molecule has 1 aliphatic heterocycles. The van der Waals surface area contributed by atoms with Crippen molar-refractivity contribution >= 4 is 24.0 Å². The normalized spacial score (nSPS) is 14.0. The summed E-state index contributed by atoms with van der Waals surface area (Å²) in [5.41, 5.74) is 1.77. The number of hydrogen-bond acceptors (Lipinski definition) is 7. The fourth-order valence-electron chi connectivity index (χ4n) is 3.13. The maximum atomic E-state index is 5.46. The summed E-state index contributed by atoms with van der Waals surface area (Å²) < 4.78 is 10.9. The Balaban J connectivity index is 0.00000145. The molecular formula is C22H33N5O2. The molecule has 0 amide bonds. The van der Waals surface area contributed by atoms with Gasteiger partial charge < -0.3 is 19.7 Å². The Kier molecular flexibility index (Phi) is 9.37. The summed E-state index contributed by atoms with van der Waals surface area (Å²) in [4.78, 5) is 15.4. The van der Waals surface area contributed by atoms with E-state index in [4.69, 9.17) is 9.47 Å². The fraction of sp³-hybridized carbons (Fsp3) is 0.500. The highest BCUT2D eigenvalue weighted by Gasteiger charge is 2.19.